The first-order chi connectivity index (χ1) is 12.2. The van der Waals surface area contributed by atoms with Crippen LogP contribution < -0.4 is 10.5 Å². The molecule has 1 saturated heterocycles. The van der Waals surface area contributed by atoms with Gasteiger partial charge in [-0.05, 0) is 25.5 Å². The third-order valence-electron chi connectivity index (χ3n) is 4.87. The van der Waals surface area contributed by atoms with E-state index in [1.54, 1.807) is 17.0 Å². The fourth-order valence-corrected chi connectivity index (χ4v) is 3.44. The summed E-state index contributed by atoms with van der Waals surface area (Å²) in [6.07, 6.45) is 6.31. The summed E-state index contributed by atoms with van der Waals surface area (Å²) in [5.74, 6) is 0.672. The van der Waals surface area contributed by atoms with Gasteiger partial charge in [0.2, 0.25) is 0 Å². The molecule has 4 heterocycles. The van der Waals surface area contributed by atoms with E-state index in [-0.39, 0.29) is 18.1 Å². The van der Waals surface area contributed by atoms with Crippen LogP contribution in [-0.4, -0.2) is 44.3 Å². The number of aliphatic hydroxyl groups is 1. The summed E-state index contributed by atoms with van der Waals surface area (Å²) in [5, 5.41) is 10.4. The van der Waals surface area contributed by atoms with Crippen molar-refractivity contribution in [2.24, 2.45) is 5.92 Å². The van der Waals surface area contributed by atoms with Crippen molar-refractivity contribution in [3.05, 3.63) is 41.1 Å². The third-order valence-corrected chi connectivity index (χ3v) is 4.87. The zero-order valence-corrected chi connectivity index (χ0v) is 14.1. The van der Waals surface area contributed by atoms with Gasteiger partial charge < -0.3 is 19.6 Å². The van der Waals surface area contributed by atoms with Gasteiger partial charge in [0.15, 0.2) is 5.82 Å². The molecule has 1 fully saturated rings. The van der Waals surface area contributed by atoms with E-state index < -0.39 is 0 Å². The minimum absolute atomic E-state index is 0.0807. The van der Waals surface area contributed by atoms with Crippen LogP contribution in [0.3, 0.4) is 0 Å². The van der Waals surface area contributed by atoms with Crippen LogP contribution >= 0.6 is 0 Å². The molecular weight excluding hydrogens is 318 g/mol. The van der Waals surface area contributed by atoms with Crippen LogP contribution in [0.15, 0.2) is 35.5 Å². The fourth-order valence-electron chi connectivity index (χ4n) is 3.44. The second-order valence-electron chi connectivity index (χ2n) is 6.43. The van der Waals surface area contributed by atoms with Crippen molar-refractivity contribution in [1.29, 1.82) is 0 Å². The normalized spacial score (nSPS) is 17.5. The first kappa shape index (κ1) is 15.8. The van der Waals surface area contributed by atoms with Crippen molar-refractivity contribution < 1.29 is 5.11 Å². The Morgan fingerprint density at radius 3 is 3.08 bits per heavy atom. The molecule has 0 aromatic carbocycles. The predicted molar refractivity (Wildman–Crippen MR) is 96.7 cm³/mol. The van der Waals surface area contributed by atoms with Crippen LogP contribution in [-0.2, 0) is 6.54 Å². The second-order valence-corrected chi connectivity index (χ2v) is 6.43. The maximum atomic E-state index is 12.7. The maximum Gasteiger partial charge on any atom is 0.293 e. The Balaban J connectivity index is 1.84. The summed E-state index contributed by atoms with van der Waals surface area (Å²) in [4.78, 5) is 26.9. The zero-order chi connectivity index (χ0) is 17.4. The van der Waals surface area contributed by atoms with Gasteiger partial charge in [0, 0.05) is 61.7 Å². The van der Waals surface area contributed by atoms with Crippen molar-refractivity contribution in [3.8, 4) is 11.3 Å². The second kappa shape index (κ2) is 6.33. The molecule has 1 aliphatic heterocycles. The van der Waals surface area contributed by atoms with Crippen molar-refractivity contribution >= 4 is 16.9 Å². The lowest BCUT2D eigenvalue weighted by Gasteiger charge is -2.18. The monoisotopic (exact) mass is 339 g/mol. The number of nitrogens with one attached hydrogen (secondary N) is 1. The molecule has 0 bridgehead atoms. The summed E-state index contributed by atoms with van der Waals surface area (Å²) in [6.45, 7) is 4.09. The third kappa shape index (κ3) is 2.70. The standard InChI is InChI=1S/C18H21N5O2/c1-2-22-10-15(14-8-20-16-13(14)4-3-6-19-16)21-17(18(22)25)23-7-5-12(9-23)11-24/h3-4,6,8,10,12,24H,2,5,7,9,11H2,1H3,(H,19,20)/t12-/m1/s1. The van der Waals surface area contributed by atoms with Gasteiger partial charge in [-0.3, -0.25) is 4.79 Å². The minimum atomic E-state index is -0.0807. The van der Waals surface area contributed by atoms with Crippen molar-refractivity contribution in [3.63, 3.8) is 0 Å². The number of aromatic nitrogens is 4. The Kier molecular flexibility index (Phi) is 4.01. The number of H-pyrrole nitrogens is 1. The molecule has 130 valence electrons. The molecule has 0 radical (unpaired) electrons. The van der Waals surface area contributed by atoms with Crippen LogP contribution in [0, 0.1) is 5.92 Å². The van der Waals surface area contributed by atoms with Gasteiger partial charge >= 0.3 is 0 Å². The van der Waals surface area contributed by atoms with Crippen molar-refractivity contribution in [2.75, 3.05) is 24.6 Å². The summed E-state index contributed by atoms with van der Waals surface area (Å²) < 4.78 is 1.69. The average Bonchev–Trinajstić information content (AvgIpc) is 3.29. The lowest BCUT2D eigenvalue weighted by atomic mass is 10.1. The number of aryl methyl sites for hydroxylation is 1. The molecule has 7 heteroatoms. The molecule has 0 saturated carbocycles. The SMILES string of the molecule is CCn1cc(-c2c[nH]c3ncccc23)nc(N2CC[C@@H](CO)C2)c1=O. The van der Waals surface area contributed by atoms with Crippen LogP contribution in [0.5, 0.6) is 0 Å². The largest absolute Gasteiger partial charge is 0.396 e. The van der Waals surface area contributed by atoms with Gasteiger partial charge in [-0.2, -0.15) is 0 Å². The van der Waals surface area contributed by atoms with E-state index in [2.05, 4.69) is 15.0 Å². The number of pyridine rings is 1. The van der Waals surface area contributed by atoms with E-state index in [0.29, 0.717) is 18.9 Å². The van der Waals surface area contributed by atoms with E-state index in [1.807, 2.05) is 30.2 Å². The van der Waals surface area contributed by atoms with E-state index in [4.69, 9.17) is 0 Å². The Hall–Kier alpha value is -2.67. The molecule has 3 aromatic heterocycles. The van der Waals surface area contributed by atoms with Gasteiger partial charge in [0.1, 0.15) is 5.65 Å². The molecule has 1 aliphatic rings. The van der Waals surface area contributed by atoms with E-state index in [9.17, 15) is 9.90 Å². The Bertz CT molecular complexity index is 961. The smallest absolute Gasteiger partial charge is 0.293 e. The molecule has 0 aliphatic carbocycles. The molecule has 3 aromatic rings. The average molecular weight is 339 g/mol. The highest BCUT2D eigenvalue weighted by molar-refractivity contribution is 5.92. The molecule has 0 unspecified atom stereocenters. The van der Waals surface area contributed by atoms with Crippen molar-refractivity contribution in [2.45, 2.75) is 19.9 Å². The highest BCUT2D eigenvalue weighted by Crippen LogP contribution is 2.27. The molecule has 4 rings (SSSR count). The van der Waals surface area contributed by atoms with Crippen LogP contribution in [0.1, 0.15) is 13.3 Å². The van der Waals surface area contributed by atoms with Crippen LogP contribution in [0.25, 0.3) is 22.3 Å². The molecule has 25 heavy (non-hydrogen) atoms. The molecule has 7 nitrogen and oxygen atoms in total. The molecule has 0 spiro atoms. The molecule has 2 N–H and O–H groups in total. The number of hydrogen-bond donors (Lipinski definition) is 2. The molecular formula is C18H21N5O2. The van der Waals surface area contributed by atoms with Crippen LogP contribution in [0.2, 0.25) is 0 Å². The summed E-state index contributed by atoms with van der Waals surface area (Å²) >= 11 is 0. The number of fused-ring (bicyclic) bond motifs is 1. The van der Waals surface area contributed by atoms with Gasteiger partial charge in [0.05, 0.1) is 5.69 Å². The summed E-state index contributed by atoms with van der Waals surface area (Å²) in [6, 6.07) is 3.89. The maximum absolute atomic E-state index is 12.7. The van der Waals surface area contributed by atoms with Crippen molar-refractivity contribution in [1.82, 2.24) is 19.5 Å². The number of aliphatic hydroxyl groups excluding tert-OH is 1. The molecule has 1 atom stereocenters. The topological polar surface area (TPSA) is 87.0 Å². The predicted octanol–water partition coefficient (Wildman–Crippen LogP) is 1.63. The van der Waals surface area contributed by atoms with Crippen LogP contribution in [0.4, 0.5) is 5.82 Å². The Morgan fingerprint density at radius 1 is 1.44 bits per heavy atom. The lowest BCUT2D eigenvalue weighted by molar-refractivity contribution is 0.238. The number of rotatable bonds is 4. The number of aromatic amines is 1. The fraction of sp³-hybridized carbons (Fsp3) is 0.389. The highest BCUT2D eigenvalue weighted by Gasteiger charge is 2.26. The minimum Gasteiger partial charge on any atom is -0.396 e. The summed E-state index contributed by atoms with van der Waals surface area (Å²) in [7, 11) is 0. The number of anilines is 1. The van der Waals surface area contributed by atoms with Gasteiger partial charge in [-0.15, -0.1) is 0 Å². The van der Waals surface area contributed by atoms with Gasteiger partial charge in [-0.1, -0.05) is 0 Å². The molecule has 0 amide bonds. The summed E-state index contributed by atoms with van der Waals surface area (Å²) in [5.41, 5.74) is 2.41. The first-order valence-electron chi connectivity index (χ1n) is 8.61. The van der Waals surface area contributed by atoms with Gasteiger partial charge in [0.25, 0.3) is 5.56 Å². The lowest BCUT2D eigenvalue weighted by Crippen LogP contribution is -2.32. The Labute approximate surface area is 145 Å². The van der Waals surface area contributed by atoms with E-state index >= 15 is 0 Å². The Morgan fingerprint density at radius 2 is 2.32 bits per heavy atom. The highest BCUT2D eigenvalue weighted by atomic mass is 16.3. The van der Waals surface area contributed by atoms with Gasteiger partial charge in [-0.25, -0.2) is 9.97 Å². The first-order valence-corrected chi connectivity index (χ1v) is 8.61. The number of hydrogen-bond acceptors (Lipinski definition) is 5. The number of nitrogens with zero attached hydrogens (tertiary/aromatic N) is 4. The zero-order valence-electron chi connectivity index (χ0n) is 14.1. The van der Waals surface area contributed by atoms with E-state index in [1.165, 1.54) is 0 Å². The quantitative estimate of drug-likeness (QED) is 0.754. The van der Waals surface area contributed by atoms with E-state index in [0.717, 1.165) is 35.3 Å².